The largest absolute Gasteiger partial charge is 0.467 e. The van der Waals surface area contributed by atoms with Gasteiger partial charge in [-0.2, -0.15) is 0 Å². The molecule has 2 heterocycles. The van der Waals surface area contributed by atoms with Crippen LogP contribution in [0, 0.1) is 6.92 Å². The van der Waals surface area contributed by atoms with Crippen molar-refractivity contribution < 1.29 is 4.42 Å². The number of nitrogen functional groups attached to an aromatic ring is 1. The number of hydrogen-bond donors (Lipinski definition) is 1. The molecule has 5 nitrogen and oxygen atoms in total. The number of anilines is 1. The molecule has 0 unspecified atom stereocenters. The van der Waals surface area contributed by atoms with Crippen molar-refractivity contribution in [1.82, 2.24) is 14.8 Å². The maximum absolute atomic E-state index is 5.37. The normalized spacial score (nSPS) is 10.5. The number of aromatic nitrogens is 3. The fraction of sp³-hybridized carbons (Fsp3) is 0.250. The van der Waals surface area contributed by atoms with Crippen LogP contribution in [0.25, 0.3) is 0 Å². The second-order valence-electron chi connectivity index (χ2n) is 2.83. The van der Waals surface area contributed by atoms with Crippen LogP contribution in [0.2, 0.25) is 0 Å². The highest BCUT2D eigenvalue weighted by atomic mass is 16.3. The number of hydrogen-bond acceptors (Lipinski definition) is 4. The third-order valence-electron chi connectivity index (χ3n) is 1.83. The third kappa shape index (κ3) is 1.53. The molecule has 2 N–H and O–H groups in total. The molecule has 0 saturated heterocycles. The van der Waals surface area contributed by atoms with E-state index in [-0.39, 0.29) is 5.95 Å². The molecule has 0 aromatic carbocycles. The van der Waals surface area contributed by atoms with Crippen molar-refractivity contribution in [2.24, 2.45) is 0 Å². The number of nitrogens with zero attached hydrogens (tertiary/aromatic N) is 3. The molecule has 68 valence electrons. The van der Waals surface area contributed by atoms with E-state index in [2.05, 4.69) is 10.1 Å². The molecule has 5 heteroatoms. The van der Waals surface area contributed by atoms with E-state index in [1.807, 2.05) is 13.0 Å². The maximum atomic E-state index is 5.37. The van der Waals surface area contributed by atoms with E-state index >= 15 is 0 Å². The lowest BCUT2D eigenvalue weighted by molar-refractivity contribution is 0.477. The Kier molecular flexibility index (Phi) is 1.77. The summed E-state index contributed by atoms with van der Waals surface area (Å²) in [5.41, 5.74) is 6.48. The number of aryl methyl sites for hydroxylation is 1. The lowest BCUT2D eigenvalue weighted by Crippen LogP contribution is -2.01. The quantitative estimate of drug-likeness (QED) is 0.738. The predicted molar refractivity (Wildman–Crippen MR) is 47.0 cm³/mol. The molecular formula is C8H10N4O. The lowest BCUT2D eigenvalue weighted by atomic mass is 10.3. The molecule has 0 spiro atoms. The summed E-state index contributed by atoms with van der Waals surface area (Å²) in [7, 11) is 0. The highest BCUT2D eigenvalue weighted by Crippen LogP contribution is 2.09. The first-order valence-electron chi connectivity index (χ1n) is 3.93. The summed E-state index contributed by atoms with van der Waals surface area (Å²) in [6.45, 7) is 2.56. The Morgan fingerprint density at radius 1 is 1.62 bits per heavy atom. The van der Waals surface area contributed by atoms with Crippen LogP contribution in [0.1, 0.15) is 11.3 Å². The standard InChI is InChI=1S/C8H10N4O/c1-6-2-3-13-7(6)4-12-5-10-8(9)11-12/h2-3,5H,4H2,1H3,(H2,9,11). The summed E-state index contributed by atoms with van der Waals surface area (Å²) < 4.78 is 6.89. The van der Waals surface area contributed by atoms with Gasteiger partial charge in [0.15, 0.2) is 0 Å². The number of furan rings is 1. The molecule has 0 saturated carbocycles. The highest BCUT2D eigenvalue weighted by Gasteiger charge is 2.03. The second-order valence-corrected chi connectivity index (χ2v) is 2.83. The van der Waals surface area contributed by atoms with E-state index in [9.17, 15) is 0 Å². The zero-order valence-corrected chi connectivity index (χ0v) is 7.27. The van der Waals surface area contributed by atoms with Crippen molar-refractivity contribution in [2.75, 3.05) is 5.73 Å². The Morgan fingerprint density at radius 3 is 3.00 bits per heavy atom. The molecule has 0 aliphatic rings. The Balaban J connectivity index is 2.19. The molecule has 13 heavy (non-hydrogen) atoms. The molecule has 2 aromatic heterocycles. The first kappa shape index (κ1) is 7.85. The van der Waals surface area contributed by atoms with Crippen molar-refractivity contribution in [3.63, 3.8) is 0 Å². The minimum Gasteiger partial charge on any atom is -0.467 e. The van der Waals surface area contributed by atoms with E-state index in [0.717, 1.165) is 11.3 Å². The summed E-state index contributed by atoms with van der Waals surface area (Å²) in [6.07, 6.45) is 3.24. The Hall–Kier alpha value is -1.78. The zero-order valence-electron chi connectivity index (χ0n) is 7.27. The van der Waals surface area contributed by atoms with Crippen LogP contribution in [0.5, 0.6) is 0 Å². The summed E-state index contributed by atoms with van der Waals surface area (Å²) in [5.74, 6) is 1.16. The fourth-order valence-corrected chi connectivity index (χ4v) is 1.10. The molecule has 0 bridgehead atoms. The average molecular weight is 178 g/mol. The predicted octanol–water partition coefficient (Wildman–Crippen LogP) is 0.810. The van der Waals surface area contributed by atoms with Crippen molar-refractivity contribution in [2.45, 2.75) is 13.5 Å². The lowest BCUT2D eigenvalue weighted by Gasteiger charge is -1.97. The average Bonchev–Trinajstić information content (AvgIpc) is 2.64. The van der Waals surface area contributed by atoms with E-state index in [1.165, 1.54) is 0 Å². The summed E-state index contributed by atoms with van der Waals surface area (Å²) in [6, 6.07) is 1.91. The van der Waals surface area contributed by atoms with Crippen LogP contribution in [0.4, 0.5) is 5.95 Å². The second kappa shape index (κ2) is 2.93. The minimum atomic E-state index is 0.282. The summed E-state index contributed by atoms with van der Waals surface area (Å²) in [4.78, 5) is 3.81. The van der Waals surface area contributed by atoms with E-state index < -0.39 is 0 Å². The van der Waals surface area contributed by atoms with Crippen LogP contribution in [-0.4, -0.2) is 14.8 Å². The van der Waals surface area contributed by atoms with Gasteiger partial charge in [0.1, 0.15) is 18.6 Å². The SMILES string of the molecule is Cc1ccoc1Cn1cnc(N)n1. The van der Waals surface area contributed by atoms with E-state index in [4.69, 9.17) is 10.2 Å². The van der Waals surface area contributed by atoms with Crippen molar-refractivity contribution in [1.29, 1.82) is 0 Å². The van der Waals surface area contributed by atoms with Gasteiger partial charge < -0.3 is 10.2 Å². The van der Waals surface area contributed by atoms with Gasteiger partial charge >= 0.3 is 0 Å². The van der Waals surface area contributed by atoms with Gasteiger partial charge in [0.25, 0.3) is 0 Å². The van der Waals surface area contributed by atoms with E-state index in [0.29, 0.717) is 6.54 Å². The van der Waals surface area contributed by atoms with Gasteiger partial charge in [0.05, 0.1) is 6.26 Å². The van der Waals surface area contributed by atoms with Gasteiger partial charge in [0.2, 0.25) is 5.95 Å². The van der Waals surface area contributed by atoms with Gasteiger partial charge in [-0.3, -0.25) is 0 Å². The summed E-state index contributed by atoms with van der Waals surface area (Å²) in [5, 5.41) is 3.95. The molecule has 0 fully saturated rings. The van der Waals surface area contributed by atoms with Gasteiger partial charge in [-0.1, -0.05) is 0 Å². The number of rotatable bonds is 2. The molecule has 2 aromatic rings. The Bertz CT molecular complexity index is 404. The Labute approximate surface area is 75.2 Å². The molecule has 0 amide bonds. The van der Waals surface area contributed by atoms with Gasteiger partial charge in [-0.25, -0.2) is 9.67 Å². The van der Waals surface area contributed by atoms with Crippen LogP contribution in [0.3, 0.4) is 0 Å². The van der Waals surface area contributed by atoms with Crippen molar-refractivity contribution >= 4 is 5.95 Å². The van der Waals surface area contributed by atoms with Gasteiger partial charge in [0, 0.05) is 0 Å². The van der Waals surface area contributed by atoms with Crippen LogP contribution in [-0.2, 0) is 6.54 Å². The summed E-state index contributed by atoms with van der Waals surface area (Å²) >= 11 is 0. The van der Waals surface area contributed by atoms with E-state index in [1.54, 1.807) is 17.3 Å². The number of nitrogens with two attached hydrogens (primary N) is 1. The molecule has 0 aliphatic heterocycles. The molecule has 2 rings (SSSR count). The maximum Gasteiger partial charge on any atom is 0.239 e. The smallest absolute Gasteiger partial charge is 0.239 e. The Morgan fingerprint density at radius 2 is 2.46 bits per heavy atom. The van der Waals surface area contributed by atoms with Crippen molar-refractivity contribution in [3.8, 4) is 0 Å². The van der Waals surface area contributed by atoms with Crippen LogP contribution >= 0.6 is 0 Å². The monoisotopic (exact) mass is 178 g/mol. The topological polar surface area (TPSA) is 69.9 Å². The molecule has 0 atom stereocenters. The van der Waals surface area contributed by atoms with Gasteiger partial charge in [-0.15, -0.1) is 5.10 Å². The fourth-order valence-electron chi connectivity index (χ4n) is 1.10. The first-order chi connectivity index (χ1) is 6.25. The van der Waals surface area contributed by atoms with Gasteiger partial charge in [-0.05, 0) is 18.6 Å². The highest BCUT2D eigenvalue weighted by molar-refractivity contribution is 5.15. The molecule has 0 radical (unpaired) electrons. The van der Waals surface area contributed by atoms with Crippen molar-refractivity contribution in [3.05, 3.63) is 30.0 Å². The first-order valence-corrected chi connectivity index (χ1v) is 3.93. The third-order valence-corrected chi connectivity index (χ3v) is 1.83. The minimum absolute atomic E-state index is 0.282. The molecular weight excluding hydrogens is 168 g/mol. The zero-order chi connectivity index (χ0) is 9.26. The van der Waals surface area contributed by atoms with Crippen LogP contribution < -0.4 is 5.73 Å². The molecule has 0 aliphatic carbocycles. The van der Waals surface area contributed by atoms with Crippen LogP contribution in [0.15, 0.2) is 23.1 Å².